The number of fused-ring (bicyclic) bond motifs is 1. The van der Waals surface area contributed by atoms with Crippen LogP contribution in [0, 0.1) is 13.8 Å². The van der Waals surface area contributed by atoms with E-state index in [0.717, 1.165) is 11.1 Å². The van der Waals surface area contributed by atoms with Crippen molar-refractivity contribution in [1.82, 2.24) is 0 Å². The fourth-order valence-corrected chi connectivity index (χ4v) is 3.88. The van der Waals surface area contributed by atoms with Crippen LogP contribution in [-0.2, 0) is 4.79 Å². The molecule has 1 unspecified atom stereocenters. The van der Waals surface area contributed by atoms with Gasteiger partial charge in [-0.15, -0.1) is 0 Å². The zero-order valence-electron chi connectivity index (χ0n) is 19.6. The van der Waals surface area contributed by atoms with Gasteiger partial charge in [0, 0.05) is 15.6 Å². The van der Waals surface area contributed by atoms with Gasteiger partial charge in [0.2, 0.25) is 11.2 Å². The number of benzene rings is 3. The lowest BCUT2D eigenvalue weighted by molar-refractivity contribution is -0.122. The van der Waals surface area contributed by atoms with Gasteiger partial charge in [-0.2, -0.15) is 0 Å². The van der Waals surface area contributed by atoms with E-state index in [-0.39, 0.29) is 16.9 Å². The zero-order valence-corrected chi connectivity index (χ0v) is 21.1. The standard InChI is InChI=1S/C27H23Cl2NO5/c1-14-5-7-17(8-6-14)25-26(24(31)19-13-20(29)15(2)11-23(19)35-25)34-16(3)27(32)30-21-12-18(28)9-10-22(21)33-4/h5-13,16H,1-4H3,(H,30,32). The van der Waals surface area contributed by atoms with Gasteiger partial charge in [-0.25, -0.2) is 0 Å². The summed E-state index contributed by atoms with van der Waals surface area (Å²) in [6.45, 7) is 5.32. The normalized spacial score (nSPS) is 11.8. The van der Waals surface area contributed by atoms with E-state index in [1.807, 2.05) is 38.1 Å². The number of halogens is 2. The maximum atomic E-state index is 13.5. The number of rotatable bonds is 6. The second-order valence-electron chi connectivity index (χ2n) is 8.15. The van der Waals surface area contributed by atoms with E-state index < -0.39 is 17.4 Å². The van der Waals surface area contributed by atoms with Gasteiger partial charge in [0.25, 0.3) is 5.91 Å². The summed E-state index contributed by atoms with van der Waals surface area (Å²) >= 11 is 12.3. The Labute approximate surface area is 212 Å². The van der Waals surface area contributed by atoms with Crippen LogP contribution in [0.5, 0.6) is 11.5 Å². The van der Waals surface area contributed by atoms with Crippen molar-refractivity contribution in [3.63, 3.8) is 0 Å². The molecule has 35 heavy (non-hydrogen) atoms. The number of carbonyl (C=O) groups excluding carboxylic acids is 1. The monoisotopic (exact) mass is 511 g/mol. The zero-order chi connectivity index (χ0) is 25.3. The van der Waals surface area contributed by atoms with E-state index in [2.05, 4.69) is 5.32 Å². The summed E-state index contributed by atoms with van der Waals surface area (Å²) in [4.78, 5) is 26.5. The summed E-state index contributed by atoms with van der Waals surface area (Å²) < 4.78 is 17.4. The molecular weight excluding hydrogens is 489 g/mol. The van der Waals surface area contributed by atoms with Gasteiger partial charge in [0.1, 0.15) is 11.3 Å². The Bertz CT molecular complexity index is 1480. The molecule has 0 aliphatic rings. The summed E-state index contributed by atoms with van der Waals surface area (Å²) in [7, 11) is 1.49. The van der Waals surface area contributed by atoms with E-state index in [4.69, 9.17) is 37.1 Å². The Balaban J connectivity index is 1.76. The lowest BCUT2D eigenvalue weighted by Gasteiger charge is -2.18. The third kappa shape index (κ3) is 5.14. The lowest BCUT2D eigenvalue weighted by atomic mass is 10.1. The summed E-state index contributed by atoms with van der Waals surface area (Å²) in [6, 6.07) is 15.6. The Kier molecular flexibility index (Phi) is 7.05. The molecule has 0 aliphatic heterocycles. The minimum Gasteiger partial charge on any atom is -0.495 e. The predicted octanol–water partition coefficient (Wildman–Crippen LogP) is 6.80. The number of hydrogen-bond acceptors (Lipinski definition) is 5. The predicted molar refractivity (Wildman–Crippen MR) is 139 cm³/mol. The molecule has 0 radical (unpaired) electrons. The minimum atomic E-state index is -1.05. The summed E-state index contributed by atoms with van der Waals surface area (Å²) in [5.41, 5.74) is 2.79. The molecule has 4 rings (SSSR count). The fraction of sp³-hybridized carbons (Fsp3) is 0.185. The van der Waals surface area contributed by atoms with E-state index in [0.29, 0.717) is 32.6 Å². The molecule has 0 bridgehead atoms. The van der Waals surface area contributed by atoms with Crippen molar-refractivity contribution >= 4 is 45.8 Å². The van der Waals surface area contributed by atoms with Gasteiger partial charge in [-0.1, -0.05) is 53.0 Å². The van der Waals surface area contributed by atoms with Crippen LogP contribution in [-0.4, -0.2) is 19.1 Å². The van der Waals surface area contributed by atoms with Crippen LogP contribution in [0.25, 0.3) is 22.3 Å². The van der Waals surface area contributed by atoms with Crippen molar-refractivity contribution in [2.45, 2.75) is 26.9 Å². The van der Waals surface area contributed by atoms with E-state index in [1.54, 1.807) is 30.3 Å². The summed E-state index contributed by atoms with van der Waals surface area (Å²) in [5.74, 6) is 0.0820. The first kappa shape index (κ1) is 24.6. The van der Waals surface area contributed by atoms with Crippen LogP contribution in [0.2, 0.25) is 10.0 Å². The highest BCUT2D eigenvalue weighted by Gasteiger charge is 2.24. The third-order valence-electron chi connectivity index (χ3n) is 5.53. The molecule has 8 heteroatoms. The number of anilines is 1. The summed E-state index contributed by atoms with van der Waals surface area (Å²) in [6.07, 6.45) is -1.05. The van der Waals surface area contributed by atoms with Gasteiger partial charge in [0.05, 0.1) is 18.2 Å². The van der Waals surface area contributed by atoms with Crippen LogP contribution in [0.1, 0.15) is 18.1 Å². The number of amides is 1. The molecule has 0 saturated heterocycles. The number of methoxy groups -OCH3 is 1. The Morgan fingerprint density at radius 2 is 1.74 bits per heavy atom. The van der Waals surface area contributed by atoms with Crippen LogP contribution < -0.4 is 20.2 Å². The molecule has 180 valence electrons. The maximum Gasteiger partial charge on any atom is 0.265 e. The Morgan fingerprint density at radius 1 is 1.03 bits per heavy atom. The van der Waals surface area contributed by atoms with Gasteiger partial charge < -0.3 is 19.2 Å². The molecule has 1 N–H and O–H groups in total. The van der Waals surface area contributed by atoms with Gasteiger partial charge in [-0.05, 0) is 56.7 Å². The molecule has 1 atom stereocenters. The van der Waals surface area contributed by atoms with E-state index >= 15 is 0 Å². The van der Waals surface area contributed by atoms with Crippen molar-refractivity contribution in [3.8, 4) is 22.8 Å². The first-order chi connectivity index (χ1) is 16.7. The van der Waals surface area contributed by atoms with Crippen LogP contribution in [0.4, 0.5) is 5.69 Å². The number of ether oxygens (including phenoxy) is 2. The lowest BCUT2D eigenvalue weighted by Crippen LogP contribution is -2.32. The molecule has 1 amide bonds. The molecular formula is C27H23Cl2NO5. The molecule has 6 nitrogen and oxygen atoms in total. The molecule has 0 aliphatic carbocycles. The number of aryl methyl sites for hydroxylation is 2. The third-order valence-corrected chi connectivity index (χ3v) is 6.17. The Hall–Kier alpha value is -3.48. The van der Waals surface area contributed by atoms with Crippen LogP contribution >= 0.6 is 23.2 Å². The first-order valence-corrected chi connectivity index (χ1v) is 11.6. The smallest absolute Gasteiger partial charge is 0.265 e. The minimum absolute atomic E-state index is 0.0815. The van der Waals surface area contributed by atoms with Crippen LogP contribution in [0.15, 0.2) is 63.8 Å². The van der Waals surface area contributed by atoms with Gasteiger partial charge >= 0.3 is 0 Å². The molecule has 0 saturated carbocycles. The SMILES string of the molecule is COc1ccc(Cl)cc1NC(=O)C(C)Oc1c(-c2ccc(C)cc2)oc2cc(C)c(Cl)cc2c1=O. The van der Waals surface area contributed by atoms with Gasteiger partial charge in [-0.3, -0.25) is 9.59 Å². The largest absolute Gasteiger partial charge is 0.495 e. The Morgan fingerprint density at radius 3 is 2.43 bits per heavy atom. The molecule has 4 aromatic rings. The van der Waals surface area contributed by atoms with Crippen molar-refractivity contribution in [2.75, 3.05) is 12.4 Å². The highest BCUT2D eigenvalue weighted by Crippen LogP contribution is 2.34. The quantitative estimate of drug-likeness (QED) is 0.308. The first-order valence-electron chi connectivity index (χ1n) is 10.8. The van der Waals surface area contributed by atoms with Crippen molar-refractivity contribution in [2.24, 2.45) is 0 Å². The topological polar surface area (TPSA) is 77.8 Å². The number of hydrogen-bond donors (Lipinski definition) is 1. The fourth-order valence-electron chi connectivity index (χ4n) is 3.54. The van der Waals surface area contributed by atoms with Crippen molar-refractivity contribution < 1.29 is 18.7 Å². The van der Waals surface area contributed by atoms with Gasteiger partial charge in [0.15, 0.2) is 11.9 Å². The van der Waals surface area contributed by atoms with Crippen molar-refractivity contribution in [1.29, 1.82) is 0 Å². The molecule has 1 heterocycles. The maximum absolute atomic E-state index is 13.5. The number of carbonyl (C=O) groups is 1. The highest BCUT2D eigenvalue weighted by molar-refractivity contribution is 6.32. The second-order valence-corrected chi connectivity index (χ2v) is 8.99. The molecule has 1 aromatic heterocycles. The van der Waals surface area contributed by atoms with E-state index in [1.165, 1.54) is 14.0 Å². The van der Waals surface area contributed by atoms with Crippen molar-refractivity contribution in [3.05, 3.63) is 86.0 Å². The second kappa shape index (κ2) is 10.0. The molecule has 3 aromatic carbocycles. The highest BCUT2D eigenvalue weighted by atomic mass is 35.5. The molecule has 0 spiro atoms. The van der Waals surface area contributed by atoms with Crippen LogP contribution in [0.3, 0.4) is 0 Å². The summed E-state index contributed by atoms with van der Waals surface area (Å²) in [5, 5.41) is 3.85. The average molecular weight is 512 g/mol. The average Bonchev–Trinajstić information content (AvgIpc) is 2.82. The molecule has 0 fully saturated rings. The van der Waals surface area contributed by atoms with E-state index in [9.17, 15) is 9.59 Å². The number of nitrogens with one attached hydrogen (secondary N) is 1.